The first-order chi connectivity index (χ1) is 19.0. The molecule has 0 aliphatic heterocycles. The average molecular weight is 535 g/mol. The lowest BCUT2D eigenvalue weighted by atomic mass is 9.98. The molecule has 0 atom stereocenters. The maximum Gasteiger partial charge on any atom is 0.206 e. The Hall–Kier alpha value is -3.62. The molecule has 3 rings (SSSR count). The van der Waals surface area contributed by atoms with E-state index in [1.807, 2.05) is 48.5 Å². The standard InChI is InChI=1S/C31H42N4O4/c1-23-30(34-26-14-10-24(11-15-26)32-18-6-2-4-8-20-36)28(38)22-29(39)31(23)35-27-16-12-25(13-17-27)33-19-7-3-5-9-21-37/h10-17,22,32-34,36-37,39H,2-9,18-21H2,1H3. The number of nitrogens with zero attached hydrogens (tertiary/aromatic N) is 1. The van der Waals surface area contributed by atoms with Gasteiger partial charge in [-0.15, -0.1) is 0 Å². The van der Waals surface area contributed by atoms with E-state index in [9.17, 15) is 9.90 Å². The molecular weight excluding hydrogens is 492 g/mol. The maximum atomic E-state index is 12.7. The molecule has 39 heavy (non-hydrogen) atoms. The molecule has 2 aromatic rings. The van der Waals surface area contributed by atoms with E-state index in [0.29, 0.717) is 22.7 Å². The quantitative estimate of drug-likeness (QED) is 0.107. The number of anilines is 3. The van der Waals surface area contributed by atoms with Crippen LogP contribution in [0.4, 0.5) is 22.7 Å². The molecule has 0 spiro atoms. The molecule has 0 amide bonds. The summed E-state index contributed by atoms with van der Waals surface area (Å²) in [6.07, 6.45) is 9.23. The predicted octanol–water partition coefficient (Wildman–Crippen LogP) is 6.10. The summed E-state index contributed by atoms with van der Waals surface area (Å²) in [5, 5.41) is 38.2. The molecule has 1 aliphatic rings. The normalized spacial score (nSPS) is 14.5. The van der Waals surface area contributed by atoms with Gasteiger partial charge in [0.05, 0.1) is 11.4 Å². The lowest BCUT2D eigenvalue weighted by Gasteiger charge is -2.19. The summed E-state index contributed by atoms with van der Waals surface area (Å²) in [6.45, 7) is 4.02. The molecule has 210 valence electrons. The van der Waals surface area contributed by atoms with Crippen molar-refractivity contribution in [2.75, 3.05) is 42.3 Å². The number of carbonyl (C=O) groups excluding carboxylic acids is 1. The molecule has 0 saturated heterocycles. The van der Waals surface area contributed by atoms with Crippen molar-refractivity contribution in [3.8, 4) is 0 Å². The number of unbranched alkanes of at least 4 members (excludes halogenated alkanes) is 6. The third-order valence-corrected chi connectivity index (χ3v) is 6.58. The summed E-state index contributed by atoms with van der Waals surface area (Å²) >= 11 is 0. The monoisotopic (exact) mass is 534 g/mol. The molecule has 6 N–H and O–H groups in total. The highest BCUT2D eigenvalue weighted by molar-refractivity contribution is 6.24. The van der Waals surface area contributed by atoms with Crippen molar-refractivity contribution in [3.63, 3.8) is 0 Å². The van der Waals surface area contributed by atoms with Crippen LogP contribution >= 0.6 is 0 Å². The molecule has 8 nitrogen and oxygen atoms in total. The molecule has 0 radical (unpaired) electrons. The van der Waals surface area contributed by atoms with Gasteiger partial charge in [-0.1, -0.05) is 25.7 Å². The smallest absolute Gasteiger partial charge is 0.206 e. The molecule has 1 aliphatic carbocycles. The van der Waals surface area contributed by atoms with Crippen LogP contribution in [0.3, 0.4) is 0 Å². The summed E-state index contributed by atoms with van der Waals surface area (Å²) < 4.78 is 0. The number of aliphatic hydroxyl groups is 3. The van der Waals surface area contributed by atoms with E-state index >= 15 is 0 Å². The van der Waals surface area contributed by atoms with Crippen LogP contribution < -0.4 is 16.0 Å². The Bertz CT molecular complexity index is 1140. The van der Waals surface area contributed by atoms with E-state index in [2.05, 4.69) is 20.9 Å². The Morgan fingerprint density at radius 1 is 0.692 bits per heavy atom. The van der Waals surface area contributed by atoms with Crippen LogP contribution in [0.5, 0.6) is 0 Å². The van der Waals surface area contributed by atoms with Crippen molar-refractivity contribution in [2.24, 2.45) is 4.99 Å². The number of hydrogen-bond donors (Lipinski definition) is 6. The van der Waals surface area contributed by atoms with Crippen LogP contribution in [0.25, 0.3) is 0 Å². The Labute approximate surface area is 231 Å². The summed E-state index contributed by atoms with van der Waals surface area (Å²) in [5.74, 6) is -0.445. The largest absolute Gasteiger partial charge is 0.506 e. The number of aliphatic hydroxyl groups excluding tert-OH is 3. The number of aliphatic imine (C=N–C) groups is 1. The molecule has 0 bridgehead atoms. The molecule has 0 heterocycles. The second kappa shape index (κ2) is 16.4. The van der Waals surface area contributed by atoms with Crippen LogP contribution in [0, 0.1) is 0 Å². The first-order valence-corrected chi connectivity index (χ1v) is 13.9. The van der Waals surface area contributed by atoms with Crippen LogP contribution in [-0.4, -0.2) is 53.1 Å². The van der Waals surface area contributed by atoms with E-state index < -0.39 is 0 Å². The molecule has 0 aromatic heterocycles. The first-order valence-electron chi connectivity index (χ1n) is 13.9. The number of hydrogen-bond acceptors (Lipinski definition) is 8. The Morgan fingerprint density at radius 3 is 1.72 bits per heavy atom. The Kier molecular flexibility index (Phi) is 12.6. The fourth-order valence-corrected chi connectivity index (χ4v) is 4.30. The van der Waals surface area contributed by atoms with Gasteiger partial charge in [0.2, 0.25) is 5.78 Å². The second-order valence-corrected chi connectivity index (χ2v) is 9.73. The van der Waals surface area contributed by atoms with E-state index in [0.717, 1.165) is 81.5 Å². The van der Waals surface area contributed by atoms with Gasteiger partial charge < -0.3 is 31.3 Å². The molecular formula is C31H42N4O4. The highest BCUT2D eigenvalue weighted by Crippen LogP contribution is 2.26. The molecule has 2 aromatic carbocycles. The maximum absolute atomic E-state index is 12.7. The van der Waals surface area contributed by atoms with Gasteiger partial charge >= 0.3 is 0 Å². The van der Waals surface area contributed by atoms with Crippen molar-refractivity contribution in [1.82, 2.24) is 0 Å². The minimum Gasteiger partial charge on any atom is -0.506 e. The number of ketones is 1. The van der Waals surface area contributed by atoms with Gasteiger partial charge in [-0.25, -0.2) is 4.99 Å². The van der Waals surface area contributed by atoms with Gasteiger partial charge in [0.1, 0.15) is 11.5 Å². The van der Waals surface area contributed by atoms with Crippen molar-refractivity contribution < 1.29 is 20.1 Å². The minimum absolute atomic E-state index is 0.147. The number of rotatable bonds is 17. The number of benzene rings is 2. The van der Waals surface area contributed by atoms with Crippen LogP contribution in [0.2, 0.25) is 0 Å². The van der Waals surface area contributed by atoms with Gasteiger partial charge in [0, 0.05) is 55.0 Å². The third-order valence-electron chi connectivity index (χ3n) is 6.58. The molecule has 8 heteroatoms. The van der Waals surface area contributed by atoms with E-state index in [1.165, 1.54) is 6.08 Å². The summed E-state index contributed by atoms with van der Waals surface area (Å²) in [4.78, 5) is 17.3. The van der Waals surface area contributed by atoms with Gasteiger partial charge in [0.25, 0.3) is 0 Å². The van der Waals surface area contributed by atoms with Crippen molar-refractivity contribution in [1.29, 1.82) is 0 Å². The Morgan fingerprint density at radius 2 is 1.18 bits per heavy atom. The summed E-state index contributed by atoms with van der Waals surface area (Å²) in [5.41, 5.74) is 4.77. The van der Waals surface area contributed by atoms with E-state index in [1.54, 1.807) is 6.92 Å². The lowest BCUT2D eigenvalue weighted by Crippen LogP contribution is -2.22. The zero-order valence-corrected chi connectivity index (χ0v) is 22.9. The highest BCUT2D eigenvalue weighted by atomic mass is 16.3. The molecule has 0 unspecified atom stereocenters. The molecule has 0 saturated carbocycles. The SMILES string of the molecule is CC1=C(Nc2ccc(NCCCCCCO)cc2)C(=O)C=C(O)C1=Nc1ccc(NCCCCCCO)cc1. The summed E-state index contributed by atoms with van der Waals surface area (Å²) in [6, 6.07) is 15.4. The zero-order chi connectivity index (χ0) is 27.9. The van der Waals surface area contributed by atoms with Crippen molar-refractivity contribution in [3.05, 3.63) is 71.6 Å². The third kappa shape index (κ3) is 9.89. The van der Waals surface area contributed by atoms with Crippen molar-refractivity contribution >= 4 is 34.2 Å². The first kappa shape index (κ1) is 29.9. The van der Waals surface area contributed by atoms with E-state index in [4.69, 9.17) is 10.2 Å². The minimum atomic E-state index is -0.299. The number of nitrogens with one attached hydrogen (secondary N) is 3. The topological polar surface area (TPSA) is 126 Å². The van der Waals surface area contributed by atoms with Crippen LogP contribution in [0.1, 0.15) is 58.3 Å². The Balaban J connectivity index is 1.59. The van der Waals surface area contributed by atoms with Gasteiger partial charge in [0.15, 0.2) is 0 Å². The predicted molar refractivity (Wildman–Crippen MR) is 160 cm³/mol. The van der Waals surface area contributed by atoms with Gasteiger partial charge in [-0.05, 0) is 81.1 Å². The van der Waals surface area contributed by atoms with Crippen LogP contribution in [-0.2, 0) is 4.79 Å². The fourth-order valence-electron chi connectivity index (χ4n) is 4.30. The number of carbonyl (C=O) groups is 1. The van der Waals surface area contributed by atoms with Crippen molar-refractivity contribution in [2.45, 2.75) is 58.3 Å². The number of allylic oxidation sites excluding steroid dienone is 2. The highest BCUT2D eigenvalue weighted by Gasteiger charge is 2.24. The lowest BCUT2D eigenvalue weighted by molar-refractivity contribution is -0.111. The van der Waals surface area contributed by atoms with E-state index in [-0.39, 0.29) is 24.8 Å². The van der Waals surface area contributed by atoms with Gasteiger partial charge in [-0.2, -0.15) is 0 Å². The zero-order valence-electron chi connectivity index (χ0n) is 22.9. The second-order valence-electron chi connectivity index (χ2n) is 9.73. The van der Waals surface area contributed by atoms with Crippen LogP contribution in [0.15, 0.2) is 76.6 Å². The van der Waals surface area contributed by atoms with Gasteiger partial charge in [-0.3, -0.25) is 4.79 Å². The molecule has 0 fully saturated rings. The average Bonchev–Trinajstić information content (AvgIpc) is 2.94. The fraction of sp³-hybridized carbons (Fsp3) is 0.419. The summed E-state index contributed by atoms with van der Waals surface area (Å²) in [7, 11) is 0.